The van der Waals surface area contributed by atoms with Gasteiger partial charge in [0.15, 0.2) is 0 Å². The highest BCUT2D eigenvalue weighted by Crippen LogP contribution is 2.28. The lowest BCUT2D eigenvalue weighted by Crippen LogP contribution is -2.24. The number of unbranched alkanes of at least 4 members (excludes halogenated alkanes) is 3. The Balaban J connectivity index is 2.60. The van der Waals surface area contributed by atoms with Gasteiger partial charge in [0.1, 0.15) is 5.75 Å². The summed E-state index contributed by atoms with van der Waals surface area (Å²) in [4.78, 5) is 0. The highest BCUT2D eigenvalue weighted by atomic mass is 16.5. The molecule has 2 atom stereocenters. The Morgan fingerprint density at radius 3 is 2.57 bits per heavy atom. The van der Waals surface area contributed by atoms with Crippen LogP contribution in [0.15, 0.2) is 24.3 Å². The molecule has 1 N–H and O–H groups in total. The van der Waals surface area contributed by atoms with Crippen LogP contribution in [0.25, 0.3) is 0 Å². The van der Waals surface area contributed by atoms with E-state index in [0.717, 1.165) is 24.3 Å². The van der Waals surface area contributed by atoms with Gasteiger partial charge in [0.05, 0.1) is 19.3 Å². The predicted molar refractivity (Wildman–Crippen MR) is 89.0 cm³/mol. The molecule has 0 saturated carbocycles. The zero-order valence-corrected chi connectivity index (χ0v) is 14.0. The van der Waals surface area contributed by atoms with E-state index in [0.29, 0.717) is 0 Å². The van der Waals surface area contributed by atoms with E-state index in [1.54, 1.807) is 7.11 Å². The van der Waals surface area contributed by atoms with E-state index in [4.69, 9.17) is 9.47 Å². The third kappa shape index (κ3) is 6.49. The molecule has 3 nitrogen and oxygen atoms in total. The molecule has 0 aromatic heterocycles. The van der Waals surface area contributed by atoms with Crippen molar-refractivity contribution >= 4 is 0 Å². The summed E-state index contributed by atoms with van der Waals surface area (Å²) in [6.07, 6.45) is 6.56. The van der Waals surface area contributed by atoms with Gasteiger partial charge in [-0.3, -0.25) is 0 Å². The van der Waals surface area contributed by atoms with E-state index < -0.39 is 0 Å². The Morgan fingerprint density at radius 1 is 1.14 bits per heavy atom. The summed E-state index contributed by atoms with van der Waals surface area (Å²) in [6.45, 7) is 5.20. The summed E-state index contributed by atoms with van der Waals surface area (Å²) in [7, 11) is 3.67. The largest absolute Gasteiger partial charge is 0.496 e. The molecule has 1 rings (SSSR count). The Morgan fingerprint density at radius 2 is 1.90 bits per heavy atom. The second-order valence-corrected chi connectivity index (χ2v) is 5.58. The summed E-state index contributed by atoms with van der Waals surface area (Å²) >= 11 is 0. The van der Waals surface area contributed by atoms with Crippen LogP contribution in [-0.4, -0.2) is 26.8 Å². The van der Waals surface area contributed by atoms with E-state index in [1.807, 2.05) is 25.2 Å². The minimum atomic E-state index is 0.0346. The number of hydrogen-bond donors (Lipinski definition) is 1. The van der Waals surface area contributed by atoms with Crippen molar-refractivity contribution in [1.82, 2.24) is 5.32 Å². The van der Waals surface area contributed by atoms with Crippen LogP contribution in [0.3, 0.4) is 0 Å². The number of benzene rings is 1. The van der Waals surface area contributed by atoms with Gasteiger partial charge >= 0.3 is 0 Å². The Kier molecular flexibility index (Phi) is 9.11. The van der Waals surface area contributed by atoms with Gasteiger partial charge in [-0.2, -0.15) is 0 Å². The van der Waals surface area contributed by atoms with Crippen molar-refractivity contribution in [1.29, 1.82) is 0 Å². The highest BCUT2D eigenvalue weighted by Gasteiger charge is 2.18. The SMILES string of the molecule is CCCCCCC(C)OC(CNC)c1ccccc1OC. The fraction of sp³-hybridized carbons (Fsp3) is 0.667. The predicted octanol–water partition coefficient (Wildman–Crippen LogP) is 4.33. The molecule has 0 aliphatic rings. The number of nitrogens with one attached hydrogen (secondary N) is 1. The summed E-state index contributed by atoms with van der Waals surface area (Å²) in [5.41, 5.74) is 1.12. The Bertz CT molecular complexity index is 381. The topological polar surface area (TPSA) is 30.5 Å². The summed E-state index contributed by atoms with van der Waals surface area (Å²) < 4.78 is 11.7. The van der Waals surface area contributed by atoms with Crippen molar-refractivity contribution in [3.8, 4) is 5.75 Å². The molecular weight excluding hydrogens is 262 g/mol. The molecule has 21 heavy (non-hydrogen) atoms. The second-order valence-electron chi connectivity index (χ2n) is 5.58. The fourth-order valence-corrected chi connectivity index (χ4v) is 2.56. The van der Waals surface area contributed by atoms with Gasteiger partial charge < -0.3 is 14.8 Å². The van der Waals surface area contributed by atoms with Crippen molar-refractivity contribution in [2.75, 3.05) is 20.7 Å². The zero-order valence-electron chi connectivity index (χ0n) is 14.0. The molecule has 3 heteroatoms. The Hall–Kier alpha value is -1.06. The molecular formula is C18H31NO2. The third-order valence-electron chi connectivity index (χ3n) is 3.74. The van der Waals surface area contributed by atoms with Crippen LogP contribution in [0.1, 0.15) is 57.6 Å². The zero-order chi connectivity index (χ0) is 15.5. The van der Waals surface area contributed by atoms with Crippen LogP contribution < -0.4 is 10.1 Å². The number of methoxy groups -OCH3 is 1. The van der Waals surface area contributed by atoms with E-state index in [1.165, 1.54) is 25.7 Å². The number of para-hydroxylation sites is 1. The van der Waals surface area contributed by atoms with Gasteiger partial charge in [-0.05, 0) is 26.5 Å². The van der Waals surface area contributed by atoms with Crippen LogP contribution in [-0.2, 0) is 4.74 Å². The molecule has 1 aromatic carbocycles. The average molecular weight is 293 g/mol. The van der Waals surface area contributed by atoms with Crippen LogP contribution >= 0.6 is 0 Å². The first-order valence-corrected chi connectivity index (χ1v) is 8.15. The monoisotopic (exact) mass is 293 g/mol. The smallest absolute Gasteiger partial charge is 0.124 e. The molecule has 0 amide bonds. The maximum Gasteiger partial charge on any atom is 0.124 e. The van der Waals surface area contributed by atoms with E-state index in [-0.39, 0.29) is 12.2 Å². The van der Waals surface area contributed by atoms with E-state index in [2.05, 4.69) is 25.2 Å². The summed E-state index contributed by atoms with van der Waals surface area (Å²) in [5, 5.41) is 3.22. The first kappa shape index (κ1) is 18.0. The first-order valence-electron chi connectivity index (χ1n) is 8.15. The quantitative estimate of drug-likeness (QED) is 0.616. The van der Waals surface area contributed by atoms with E-state index in [9.17, 15) is 0 Å². The number of rotatable bonds is 11. The molecule has 0 saturated heterocycles. The first-order chi connectivity index (χ1) is 10.2. The molecule has 2 unspecified atom stereocenters. The molecule has 0 aliphatic carbocycles. The van der Waals surface area contributed by atoms with Crippen molar-refractivity contribution in [3.05, 3.63) is 29.8 Å². The van der Waals surface area contributed by atoms with Crippen LogP contribution in [0.2, 0.25) is 0 Å². The van der Waals surface area contributed by atoms with Crippen molar-refractivity contribution in [3.63, 3.8) is 0 Å². The fourth-order valence-electron chi connectivity index (χ4n) is 2.56. The summed E-state index contributed by atoms with van der Waals surface area (Å²) in [5.74, 6) is 0.899. The molecule has 0 aliphatic heterocycles. The third-order valence-corrected chi connectivity index (χ3v) is 3.74. The second kappa shape index (κ2) is 10.6. The van der Waals surface area contributed by atoms with Crippen LogP contribution in [0, 0.1) is 0 Å². The molecule has 0 fully saturated rings. The number of ether oxygens (including phenoxy) is 2. The number of hydrogen-bond acceptors (Lipinski definition) is 3. The van der Waals surface area contributed by atoms with Gasteiger partial charge in [0.25, 0.3) is 0 Å². The van der Waals surface area contributed by atoms with Crippen LogP contribution in [0.4, 0.5) is 0 Å². The molecule has 1 aromatic rings. The lowest BCUT2D eigenvalue weighted by Gasteiger charge is -2.24. The lowest BCUT2D eigenvalue weighted by atomic mass is 10.1. The Labute approximate surface area is 130 Å². The van der Waals surface area contributed by atoms with Crippen molar-refractivity contribution in [2.45, 2.75) is 58.2 Å². The highest BCUT2D eigenvalue weighted by molar-refractivity contribution is 5.35. The maximum absolute atomic E-state index is 6.26. The maximum atomic E-state index is 6.26. The van der Waals surface area contributed by atoms with Crippen molar-refractivity contribution in [2.24, 2.45) is 0 Å². The molecule has 0 bridgehead atoms. The normalized spacial score (nSPS) is 13.9. The molecule has 0 heterocycles. The lowest BCUT2D eigenvalue weighted by molar-refractivity contribution is -0.00823. The minimum absolute atomic E-state index is 0.0346. The van der Waals surface area contributed by atoms with Gasteiger partial charge in [0.2, 0.25) is 0 Å². The molecule has 0 spiro atoms. The average Bonchev–Trinajstić information content (AvgIpc) is 2.51. The van der Waals surface area contributed by atoms with E-state index >= 15 is 0 Å². The summed E-state index contributed by atoms with van der Waals surface area (Å²) in [6, 6.07) is 8.11. The minimum Gasteiger partial charge on any atom is -0.496 e. The van der Waals surface area contributed by atoms with Gasteiger partial charge in [0, 0.05) is 12.1 Å². The molecule has 120 valence electrons. The molecule has 0 radical (unpaired) electrons. The van der Waals surface area contributed by atoms with Crippen LogP contribution in [0.5, 0.6) is 5.75 Å². The van der Waals surface area contributed by atoms with Gasteiger partial charge in [-0.1, -0.05) is 50.8 Å². The van der Waals surface area contributed by atoms with Gasteiger partial charge in [-0.15, -0.1) is 0 Å². The standard InChI is InChI=1S/C18H31NO2/c1-5-6-7-8-11-15(2)21-18(14-19-3)16-12-9-10-13-17(16)20-4/h9-10,12-13,15,18-19H,5-8,11,14H2,1-4H3. The number of likely N-dealkylation sites (N-methyl/N-ethyl adjacent to an activating group) is 1. The van der Waals surface area contributed by atoms with Gasteiger partial charge in [-0.25, -0.2) is 0 Å². The van der Waals surface area contributed by atoms with Crippen molar-refractivity contribution < 1.29 is 9.47 Å².